The van der Waals surface area contributed by atoms with Crippen LogP contribution in [0.5, 0.6) is 5.88 Å². The van der Waals surface area contributed by atoms with Crippen molar-refractivity contribution in [1.82, 2.24) is 24.7 Å². The van der Waals surface area contributed by atoms with E-state index in [0.717, 1.165) is 35.9 Å². The number of halogens is 5. The molecule has 0 unspecified atom stereocenters. The summed E-state index contributed by atoms with van der Waals surface area (Å²) in [6, 6.07) is 1.90. The molecule has 2 atom stereocenters. The predicted molar refractivity (Wildman–Crippen MR) is 106 cm³/mol. The fraction of sp³-hybridized carbons (Fsp3) is 0.500. The molecule has 0 saturated carbocycles. The molecule has 1 aliphatic rings. The molecule has 0 spiro atoms. The lowest BCUT2D eigenvalue weighted by Crippen LogP contribution is -2.44. The molecule has 1 saturated heterocycles. The summed E-state index contributed by atoms with van der Waals surface area (Å²) in [5, 5.41) is 3.93. The quantitative estimate of drug-likeness (QED) is 0.518. The maximum Gasteiger partial charge on any atom is 0.416 e. The number of alkyl halides is 5. The third-order valence-electron chi connectivity index (χ3n) is 5.45. The van der Waals surface area contributed by atoms with Gasteiger partial charge >= 0.3 is 6.18 Å². The summed E-state index contributed by atoms with van der Waals surface area (Å²) in [7, 11) is 0. The molecule has 0 radical (unpaired) electrons. The highest BCUT2D eigenvalue weighted by Crippen LogP contribution is 2.31. The summed E-state index contributed by atoms with van der Waals surface area (Å²) >= 11 is 0. The second-order valence-corrected chi connectivity index (χ2v) is 7.79. The van der Waals surface area contributed by atoms with Gasteiger partial charge in [0.15, 0.2) is 5.65 Å². The molecule has 7 nitrogen and oxygen atoms in total. The number of anilines is 1. The number of hydrogen-bond acceptors (Lipinski definition) is 6. The van der Waals surface area contributed by atoms with Gasteiger partial charge in [-0.3, -0.25) is 0 Å². The van der Waals surface area contributed by atoms with Crippen LogP contribution in [0, 0.1) is 5.92 Å². The number of aromatic nitrogens is 5. The normalized spacial score (nSPS) is 19.7. The minimum atomic E-state index is -4.47. The van der Waals surface area contributed by atoms with Gasteiger partial charge < -0.3 is 9.64 Å². The zero-order valence-electron chi connectivity index (χ0n) is 17.1. The van der Waals surface area contributed by atoms with Crippen LogP contribution in [0.4, 0.5) is 27.8 Å². The summed E-state index contributed by atoms with van der Waals surface area (Å²) in [4.78, 5) is 14.7. The highest BCUT2D eigenvalue weighted by Gasteiger charge is 2.31. The van der Waals surface area contributed by atoms with E-state index in [0.29, 0.717) is 17.9 Å². The van der Waals surface area contributed by atoms with E-state index in [1.54, 1.807) is 6.20 Å². The molecule has 4 rings (SSSR count). The summed E-state index contributed by atoms with van der Waals surface area (Å²) in [5.74, 6) is 0.469. The minimum absolute atomic E-state index is 0.0195. The van der Waals surface area contributed by atoms with Crippen molar-refractivity contribution in [3.05, 3.63) is 36.3 Å². The van der Waals surface area contributed by atoms with Gasteiger partial charge in [0.05, 0.1) is 24.6 Å². The SMILES string of the molecule is C[C@@H]1CC[C@H](COc2cc(C(F)(F)F)ccn2)CN1c1cnc2cnn(CC(F)F)c2n1. The molecule has 0 bridgehead atoms. The Hall–Kier alpha value is -3.05. The smallest absolute Gasteiger partial charge is 0.416 e. The van der Waals surface area contributed by atoms with Gasteiger partial charge in [-0.05, 0) is 25.8 Å². The van der Waals surface area contributed by atoms with Crippen LogP contribution in [0.15, 0.2) is 30.7 Å². The number of rotatable bonds is 6. The van der Waals surface area contributed by atoms with Crippen LogP contribution < -0.4 is 9.64 Å². The Morgan fingerprint density at radius 1 is 1.19 bits per heavy atom. The zero-order chi connectivity index (χ0) is 22.9. The van der Waals surface area contributed by atoms with Crippen molar-refractivity contribution in [2.24, 2.45) is 5.92 Å². The number of piperidine rings is 1. The molecule has 1 aliphatic heterocycles. The first-order chi connectivity index (χ1) is 15.2. The van der Waals surface area contributed by atoms with Crippen molar-refractivity contribution in [3.63, 3.8) is 0 Å². The van der Waals surface area contributed by atoms with Gasteiger partial charge in [0.25, 0.3) is 6.43 Å². The minimum Gasteiger partial charge on any atom is -0.477 e. The van der Waals surface area contributed by atoms with Gasteiger partial charge in [-0.1, -0.05) is 0 Å². The standard InChI is InChI=1S/C20H21F5N6O/c1-12-2-3-13(11-32-18-6-14(4-5-26-18)20(23,24)25)9-30(12)17-8-27-15-7-28-31(10-16(21)22)19(15)29-17/h4-8,12-13,16H,2-3,9-11H2,1H3/t12-,13+/m1/s1. The zero-order valence-corrected chi connectivity index (χ0v) is 17.1. The van der Waals surface area contributed by atoms with E-state index < -0.39 is 24.7 Å². The van der Waals surface area contributed by atoms with Crippen LogP contribution in [0.1, 0.15) is 25.3 Å². The van der Waals surface area contributed by atoms with E-state index in [2.05, 4.69) is 20.1 Å². The topological polar surface area (TPSA) is 69.0 Å². The van der Waals surface area contributed by atoms with E-state index in [-0.39, 0.29) is 30.1 Å². The van der Waals surface area contributed by atoms with E-state index in [4.69, 9.17) is 4.74 Å². The molecule has 0 amide bonds. The summed E-state index contributed by atoms with van der Waals surface area (Å²) < 4.78 is 70.9. The molecule has 172 valence electrons. The molecule has 0 aliphatic carbocycles. The molecular formula is C20H21F5N6O. The molecule has 0 aromatic carbocycles. The summed E-state index contributed by atoms with van der Waals surface area (Å²) in [5.41, 5.74) is -0.110. The van der Waals surface area contributed by atoms with Gasteiger partial charge in [-0.25, -0.2) is 28.4 Å². The van der Waals surface area contributed by atoms with Gasteiger partial charge in [-0.2, -0.15) is 18.3 Å². The molecule has 0 N–H and O–H groups in total. The Morgan fingerprint density at radius 2 is 2.00 bits per heavy atom. The second kappa shape index (κ2) is 8.83. The largest absolute Gasteiger partial charge is 0.477 e. The second-order valence-electron chi connectivity index (χ2n) is 7.79. The molecule has 3 aromatic rings. The lowest BCUT2D eigenvalue weighted by molar-refractivity contribution is -0.137. The van der Waals surface area contributed by atoms with Crippen LogP contribution in [0.2, 0.25) is 0 Å². The van der Waals surface area contributed by atoms with Crippen LogP contribution >= 0.6 is 0 Å². The van der Waals surface area contributed by atoms with E-state index in [1.165, 1.54) is 6.20 Å². The maximum atomic E-state index is 12.9. The fourth-order valence-corrected chi connectivity index (χ4v) is 3.75. The van der Waals surface area contributed by atoms with Crippen molar-refractivity contribution in [2.75, 3.05) is 18.1 Å². The maximum absolute atomic E-state index is 12.9. The lowest BCUT2D eigenvalue weighted by Gasteiger charge is -2.38. The Labute approximate surface area is 180 Å². The van der Waals surface area contributed by atoms with Crippen molar-refractivity contribution in [3.8, 4) is 5.88 Å². The summed E-state index contributed by atoms with van der Waals surface area (Å²) in [6.45, 7) is 2.17. The number of hydrogen-bond donors (Lipinski definition) is 0. The molecule has 1 fully saturated rings. The van der Waals surface area contributed by atoms with Gasteiger partial charge in [0.2, 0.25) is 5.88 Å². The number of pyridine rings is 1. The first kappa shape index (κ1) is 22.2. The monoisotopic (exact) mass is 456 g/mol. The average molecular weight is 456 g/mol. The number of fused-ring (bicyclic) bond motifs is 1. The van der Waals surface area contributed by atoms with Crippen LogP contribution in [-0.4, -0.2) is 50.4 Å². The van der Waals surface area contributed by atoms with E-state index in [9.17, 15) is 22.0 Å². The fourth-order valence-electron chi connectivity index (χ4n) is 3.75. The Kier molecular flexibility index (Phi) is 6.11. The third kappa shape index (κ3) is 4.89. The highest BCUT2D eigenvalue weighted by atomic mass is 19.4. The van der Waals surface area contributed by atoms with Gasteiger partial charge in [0, 0.05) is 30.8 Å². The Balaban J connectivity index is 1.47. The summed E-state index contributed by atoms with van der Waals surface area (Å²) in [6.07, 6.45) is -1.37. The van der Waals surface area contributed by atoms with Crippen molar-refractivity contribution >= 4 is 17.0 Å². The van der Waals surface area contributed by atoms with E-state index >= 15 is 0 Å². The Bertz CT molecular complexity index is 1070. The van der Waals surface area contributed by atoms with Crippen molar-refractivity contribution in [1.29, 1.82) is 0 Å². The van der Waals surface area contributed by atoms with Crippen LogP contribution in [0.25, 0.3) is 11.2 Å². The molecule has 32 heavy (non-hydrogen) atoms. The average Bonchev–Trinajstić information content (AvgIpc) is 3.14. The molecule has 3 aromatic heterocycles. The van der Waals surface area contributed by atoms with Gasteiger partial charge in [0.1, 0.15) is 17.9 Å². The van der Waals surface area contributed by atoms with Gasteiger partial charge in [-0.15, -0.1) is 0 Å². The number of ether oxygens (including phenoxy) is 1. The van der Waals surface area contributed by atoms with Crippen LogP contribution in [-0.2, 0) is 12.7 Å². The van der Waals surface area contributed by atoms with Crippen molar-refractivity contribution < 1.29 is 26.7 Å². The lowest BCUT2D eigenvalue weighted by atomic mass is 9.94. The third-order valence-corrected chi connectivity index (χ3v) is 5.45. The first-order valence-electron chi connectivity index (χ1n) is 10.1. The molecular weight excluding hydrogens is 435 g/mol. The van der Waals surface area contributed by atoms with Crippen LogP contribution in [0.3, 0.4) is 0 Å². The molecule has 4 heterocycles. The van der Waals surface area contributed by atoms with E-state index in [1.807, 2.05) is 11.8 Å². The number of nitrogens with zero attached hydrogens (tertiary/aromatic N) is 6. The first-order valence-corrected chi connectivity index (χ1v) is 10.1. The van der Waals surface area contributed by atoms with Crippen molar-refractivity contribution in [2.45, 2.75) is 45.0 Å². The highest BCUT2D eigenvalue weighted by molar-refractivity contribution is 5.71. The predicted octanol–water partition coefficient (Wildman–Crippen LogP) is 4.19. The molecule has 12 heteroatoms. The Morgan fingerprint density at radius 3 is 2.75 bits per heavy atom.